The van der Waals surface area contributed by atoms with E-state index in [1.807, 2.05) is 73.3 Å². The van der Waals surface area contributed by atoms with E-state index in [4.69, 9.17) is 9.72 Å². The smallest absolute Gasteiger partial charge is 0.233 e. The van der Waals surface area contributed by atoms with Crippen molar-refractivity contribution in [1.29, 1.82) is 0 Å². The molecule has 5 rings (SSSR count). The molecule has 1 atom stereocenters. The molecule has 0 spiro atoms. The summed E-state index contributed by atoms with van der Waals surface area (Å²) in [7, 11) is 4.09. The molecule has 37 heavy (non-hydrogen) atoms. The van der Waals surface area contributed by atoms with Gasteiger partial charge in [0, 0.05) is 24.4 Å². The van der Waals surface area contributed by atoms with Crippen LogP contribution in [0.4, 0.5) is 5.95 Å². The van der Waals surface area contributed by atoms with E-state index in [9.17, 15) is 0 Å². The Labute approximate surface area is 216 Å². The number of hydrogen-bond donors (Lipinski definition) is 1. The molecule has 1 unspecified atom stereocenters. The first-order chi connectivity index (χ1) is 18.1. The van der Waals surface area contributed by atoms with E-state index in [1.54, 1.807) is 12.5 Å². The zero-order chi connectivity index (χ0) is 25.6. The molecule has 0 amide bonds. The molecule has 0 aliphatic heterocycles. The van der Waals surface area contributed by atoms with Gasteiger partial charge in [0.2, 0.25) is 11.8 Å². The third kappa shape index (κ3) is 5.90. The van der Waals surface area contributed by atoms with Crippen LogP contribution in [-0.2, 0) is 0 Å². The number of nitrogens with zero attached hydrogens (tertiary/aromatic N) is 7. The lowest BCUT2D eigenvalue weighted by Crippen LogP contribution is -2.15. The van der Waals surface area contributed by atoms with Crippen LogP contribution in [0.1, 0.15) is 24.9 Å². The Hall–Kier alpha value is -4.37. The number of ether oxygens (including phenoxy) is 1. The molecule has 9 nitrogen and oxygen atoms in total. The van der Waals surface area contributed by atoms with Crippen LogP contribution < -0.4 is 10.1 Å². The maximum Gasteiger partial charge on any atom is 0.233 e. The van der Waals surface area contributed by atoms with Crippen molar-refractivity contribution >= 4 is 17.0 Å². The third-order valence-electron chi connectivity index (χ3n) is 6.02. The van der Waals surface area contributed by atoms with Gasteiger partial charge in [0.1, 0.15) is 12.1 Å². The molecule has 0 aliphatic rings. The summed E-state index contributed by atoms with van der Waals surface area (Å²) in [6.45, 7) is 3.67. The van der Waals surface area contributed by atoms with Gasteiger partial charge in [-0.2, -0.15) is 4.98 Å². The van der Waals surface area contributed by atoms with Crippen LogP contribution in [0.15, 0.2) is 79.3 Å². The van der Waals surface area contributed by atoms with E-state index in [2.05, 4.69) is 49.4 Å². The highest BCUT2D eigenvalue weighted by Crippen LogP contribution is 2.25. The van der Waals surface area contributed by atoms with Gasteiger partial charge in [-0.1, -0.05) is 36.4 Å². The first-order valence-electron chi connectivity index (χ1n) is 12.3. The fourth-order valence-corrected chi connectivity index (χ4v) is 4.03. The van der Waals surface area contributed by atoms with Gasteiger partial charge in [-0.25, -0.2) is 9.97 Å². The summed E-state index contributed by atoms with van der Waals surface area (Å²) in [5, 5.41) is 12.0. The highest BCUT2D eigenvalue weighted by atomic mass is 16.5. The van der Waals surface area contributed by atoms with Crippen molar-refractivity contribution in [2.75, 3.05) is 32.6 Å². The highest BCUT2D eigenvalue weighted by molar-refractivity contribution is 5.82. The summed E-state index contributed by atoms with van der Waals surface area (Å²) in [5.41, 5.74) is 4.66. The van der Waals surface area contributed by atoms with Crippen LogP contribution >= 0.6 is 0 Å². The summed E-state index contributed by atoms with van der Waals surface area (Å²) in [5.74, 6) is 1.83. The number of aromatic nitrogens is 6. The Morgan fingerprint density at radius 2 is 1.84 bits per heavy atom. The van der Waals surface area contributed by atoms with Crippen molar-refractivity contribution in [1.82, 2.24) is 34.6 Å². The Morgan fingerprint density at radius 3 is 2.62 bits per heavy atom. The Bertz CT molecular complexity index is 1450. The predicted molar refractivity (Wildman–Crippen MR) is 145 cm³/mol. The van der Waals surface area contributed by atoms with Gasteiger partial charge in [-0.15, -0.1) is 10.2 Å². The van der Waals surface area contributed by atoms with E-state index in [0.717, 1.165) is 41.1 Å². The average Bonchev–Trinajstić information content (AvgIpc) is 3.35. The van der Waals surface area contributed by atoms with Crippen LogP contribution in [0, 0.1) is 0 Å². The standard InChI is InChI=1S/C28H30N8O/c1-20(21-8-5-4-6-9-21)31-28-29-15-14-26(32-28)36-19-30-24-18-22(10-12-25(24)36)23-11-13-27(34-33-23)37-17-7-16-35(2)3/h4-6,8-15,18-20H,7,16-17H2,1-3H3,(H,29,31,32). The van der Waals surface area contributed by atoms with E-state index >= 15 is 0 Å². The van der Waals surface area contributed by atoms with Crippen molar-refractivity contribution < 1.29 is 4.74 Å². The Morgan fingerprint density at radius 1 is 0.973 bits per heavy atom. The molecule has 9 heteroatoms. The second kappa shape index (κ2) is 11.1. The Kier molecular flexibility index (Phi) is 7.32. The number of rotatable bonds is 10. The van der Waals surface area contributed by atoms with Gasteiger partial charge in [0.15, 0.2) is 0 Å². The first kappa shape index (κ1) is 24.3. The molecule has 0 bridgehead atoms. The van der Waals surface area contributed by atoms with E-state index in [0.29, 0.717) is 18.4 Å². The third-order valence-corrected chi connectivity index (χ3v) is 6.02. The topological polar surface area (TPSA) is 93.9 Å². The predicted octanol–water partition coefficient (Wildman–Crippen LogP) is 4.78. The largest absolute Gasteiger partial charge is 0.477 e. The lowest BCUT2D eigenvalue weighted by molar-refractivity contribution is 0.271. The first-order valence-corrected chi connectivity index (χ1v) is 12.3. The zero-order valence-corrected chi connectivity index (χ0v) is 21.2. The maximum atomic E-state index is 5.70. The summed E-state index contributed by atoms with van der Waals surface area (Å²) in [4.78, 5) is 15.9. The number of hydrogen-bond acceptors (Lipinski definition) is 8. The summed E-state index contributed by atoms with van der Waals surface area (Å²) < 4.78 is 7.65. The monoisotopic (exact) mass is 494 g/mol. The Balaban J connectivity index is 1.30. The lowest BCUT2D eigenvalue weighted by Gasteiger charge is -2.14. The van der Waals surface area contributed by atoms with Crippen LogP contribution in [0.5, 0.6) is 5.88 Å². The minimum Gasteiger partial charge on any atom is -0.477 e. The summed E-state index contributed by atoms with van der Waals surface area (Å²) in [6, 6.07) is 22.0. The molecule has 0 aliphatic carbocycles. The second-order valence-corrected chi connectivity index (χ2v) is 9.10. The molecule has 188 valence electrons. The highest BCUT2D eigenvalue weighted by Gasteiger charge is 2.11. The normalized spacial score (nSPS) is 12.1. The number of imidazole rings is 1. The fourth-order valence-electron chi connectivity index (χ4n) is 4.03. The van der Waals surface area contributed by atoms with Crippen molar-refractivity contribution in [3.63, 3.8) is 0 Å². The molecule has 3 heterocycles. The van der Waals surface area contributed by atoms with Gasteiger partial charge in [0.25, 0.3) is 0 Å². The molecule has 0 fully saturated rings. The van der Waals surface area contributed by atoms with Gasteiger partial charge < -0.3 is 15.0 Å². The zero-order valence-electron chi connectivity index (χ0n) is 21.2. The average molecular weight is 495 g/mol. The molecule has 1 N–H and O–H groups in total. The van der Waals surface area contributed by atoms with E-state index < -0.39 is 0 Å². The van der Waals surface area contributed by atoms with E-state index in [1.165, 1.54) is 5.56 Å². The van der Waals surface area contributed by atoms with Crippen LogP contribution in [0.25, 0.3) is 28.1 Å². The van der Waals surface area contributed by atoms with Crippen LogP contribution in [0.2, 0.25) is 0 Å². The van der Waals surface area contributed by atoms with Crippen LogP contribution in [-0.4, -0.2) is 61.9 Å². The molecular formula is C28H30N8O. The molecule has 0 radical (unpaired) electrons. The fraction of sp³-hybridized carbons (Fsp3) is 0.250. The second-order valence-electron chi connectivity index (χ2n) is 9.10. The molecule has 0 saturated heterocycles. The number of benzene rings is 2. The van der Waals surface area contributed by atoms with Gasteiger partial charge in [-0.3, -0.25) is 4.57 Å². The number of anilines is 1. The van der Waals surface area contributed by atoms with Gasteiger partial charge >= 0.3 is 0 Å². The minimum absolute atomic E-state index is 0.0782. The quantitative estimate of drug-likeness (QED) is 0.277. The summed E-state index contributed by atoms with van der Waals surface area (Å²) in [6.07, 6.45) is 4.46. The van der Waals surface area contributed by atoms with Gasteiger partial charge in [-0.05, 0) is 57.3 Å². The van der Waals surface area contributed by atoms with Crippen LogP contribution in [0.3, 0.4) is 0 Å². The van der Waals surface area contributed by atoms with Gasteiger partial charge in [0.05, 0.1) is 29.4 Å². The van der Waals surface area contributed by atoms with Crippen molar-refractivity contribution in [3.8, 4) is 23.0 Å². The molecular weight excluding hydrogens is 464 g/mol. The SMILES string of the molecule is CC(Nc1nccc(-n2cnc3cc(-c4ccc(OCCCN(C)C)nn4)ccc32)n1)c1ccccc1. The van der Waals surface area contributed by atoms with Crippen molar-refractivity contribution in [3.05, 3.63) is 84.8 Å². The maximum absolute atomic E-state index is 5.70. The molecule has 0 saturated carbocycles. The lowest BCUT2D eigenvalue weighted by atomic mass is 10.1. The number of fused-ring (bicyclic) bond motifs is 1. The minimum atomic E-state index is 0.0782. The summed E-state index contributed by atoms with van der Waals surface area (Å²) >= 11 is 0. The van der Waals surface area contributed by atoms with Crippen molar-refractivity contribution in [2.45, 2.75) is 19.4 Å². The number of nitrogens with one attached hydrogen (secondary N) is 1. The van der Waals surface area contributed by atoms with E-state index in [-0.39, 0.29) is 6.04 Å². The molecule has 2 aromatic carbocycles. The molecule has 3 aromatic heterocycles. The van der Waals surface area contributed by atoms with Crippen molar-refractivity contribution in [2.24, 2.45) is 0 Å². The molecule has 5 aromatic rings.